The number of hydrogen-bond acceptors (Lipinski definition) is 6. The van der Waals surface area contributed by atoms with Gasteiger partial charge in [-0.1, -0.05) is 20.4 Å². The van der Waals surface area contributed by atoms with E-state index in [1.807, 2.05) is 26.0 Å². The molecule has 7 nitrogen and oxygen atoms in total. The van der Waals surface area contributed by atoms with E-state index in [0.29, 0.717) is 29.2 Å². The molecule has 0 aliphatic rings. The number of ether oxygens (including phenoxy) is 1. The van der Waals surface area contributed by atoms with Crippen LogP contribution in [-0.2, 0) is 9.53 Å². The predicted molar refractivity (Wildman–Crippen MR) is 107 cm³/mol. The first-order chi connectivity index (χ1) is 13.5. The Hall–Kier alpha value is -3.61. The molecule has 0 fully saturated rings. The molecule has 28 heavy (non-hydrogen) atoms. The van der Waals surface area contributed by atoms with Crippen LogP contribution in [0.15, 0.2) is 55.4 Å². The van der Waals surface area contributed by atoms with Gasteiger partial charge in [-0.25, -0.2) is 14.8 Å². The summed E-state index contributed by atoms with van der Waals surface area (Å²) in [6, 6.07) is 8.66. The van der Waals surface area contributed by atoms with E-state index in [2.05, 4.69) is 26.8 Å². The minimum absolute atomic E-state index is 0.192. The highest BCUT2D eigenvalue weighted by Gasteiger charge is 2.13. The van der Waals surface area contributed by atoms with Crippen LogP contribution in [0.3, 0.4) is 0 Å². The molecule has 3 rings (SSSR count). The third-order valence-corrected chi connectivity index (χ3v) is 3.86. The molecule has 7 heteroatoms. The second-order valence-corrected chi connectivity index (χ2v) is 6.54. The zero-order valence-corrected chi connectivity index (χ0v) is 15.7. The van der Waals surface area contributed by atoms with E-state index >= 15 is 0 Å². The lowest BCUT2D eigenvalue weighted by Gasteiger charge is -2.09. The van der Waals surface area contributed by atoms with Crippen molar-refractivity contribution in [2.45, 2.75) is 13.8 Å². The van der Waals surface area contributed by atoms with Gasteiger partial charge in [-0.3, -0.25) is 9.78 Å². The van der Waals surface area contributed by atoms with Crippen LogP contribution in [-0.4, -0.2) is 33.4 Å². The van der Waals surface area contributed by atoms with Crippen molar-refractivity contribution in [3.05, 3.63) is 61.1 Å². The van der Waals surface area contributed by atoms with Gasteiger partial charge in [0.15, 0.2) is 11.5 Å². The van der Waals surface area contributed by atoms with Crippen molar-refractivity contribution in [1.29, 1.82) is 0 Å². The van der Waals surface area contributed by atoms with Gasteiger partial charge in [0, 0.05) is 23.3 Å². The number of esters is 1. The summed E-state index contributed by atoms with van der Waals surface area (Å²) >= 11 is 0. The fourth-order valence-corrected chi connectivity index (χ4v) is 2.51. The third-order valence-electron chi connectivity index (χ3n) is 3.86. The maximum atomic E-state index is 12.2. The number of hydrogen-bond donors (Lipinski definition) is 1. The lowest BCUT2D eigenvalue weighted by Crippen LogP contribution is -2.12. The van der Waals surface area contributed by atoms with E-state index in [-0.39, 0.29) is 17.5 Å². The molecule has 0 atom stereocenters. The Morgan fingerprint density at radius 3 is 2.71 bits per heavy atom. The van der Waals surface area contributed by atoms with Crippen molar-refractivity contribution in [3.63, 3.8) is 0 Å². The topological polar surface area (TPSA) is 94.1 Å². The van der Waals surface area contributed by atoms with Gasteiger partial charge in [-0.05, 0) is 42.3 Å². The van der Waals surface area contributed by atoms with Gasteiger partial charge >= 0.3 is 5.97 Å². The van der Waals surface area contributed by atoms with Gasteiger partial charge in [0.2, 0.25) is 5.91 Å². The molecule has 0 radical (unpaired) electrons. The van der Waals surface area contributed by atoms with E-state index in [4.69, 9.17) is 4.74 Å². The molecule has 142 valence electrons. The van der Waals surface area contributed by atoms with Crippen LogP contribution in [0.2, 0.25) is 0 Å². The number of fused-ring (bicyclic) bond motifs is 1. The molecule has 3 aromatic rings. The van der Waals surface area contributed by atoms with Gasteiger partial charge < -0.3 is 10.1 Å². The van der Waals surface area contributed by atoms with Gasteiger partial charge in [0.25, 0.3) is 0 Å². The standard InChI is InChI=1S/C21H20N4O3/c1-4-19(26)24-17-7-9-22-16-6-5-14(11-15(16)17)20-23-10-8-18(25-20)21(27)28-12-13(2)3/h4-11,13H,1,12H2,2-3H3,(H,22,24,26). The Morgan fingerprint density at radius 2 is 1.96 bits per heavy atom. The fraction of sp³-hybridized carbons (Fsp3) is 0.190. The Balaban J connectivity index is 1.96. The number of benzene rings is 1. The van der Waals surface area contributed by atoms with Crippen LogP contribution in [0.5, 0.6) is 0 Å². The van der Waals surface area contributed by atoms with Crippen molar-refractivity contribution >= 4 is 28.5 Å². The zero-order chi connectivity index (χ0) is 20.1. The number of rotatable bonds is 6. The second-order valence-electron chi connectivity index (χ2n) is 6.54. The summed E-state index contributed by atoms with van der Waals surface area (Å²) in [6.45, 7) is 7.71. The molecule has 0 unspecified atom stereocenters. The number of amides is 1. The summed E-state index contributed by atoms with van der Waals surface area (Å²) in [5.74, 6) is -0.184. The van der Waals surface area contributed by atoms with Crippen LogP contribution in [0, 0.1) is 5.92 Å². The van der Waals surface area contributed by atoms with Crippen molar-refractivity contribution in [1.82, 2.24) is 15.0 Å². The molecule has 0 saturated heterocycles. The van der Waals surface area contributed by atoms with Crippen molar-refractivity contribution in [2.75, 3.05) is 11.9 Å². The highest BCUT2D eigenvalue weighted by Crippen LogP contribution is 2.26. The highest BCUT2D eigenvalue weighted by molar-refractivity contribution is 6.05. The molecule has 0 bridgehead atoms. The van der Waals surface area contributed by atoms with Gasteiger partial charge in [0.05, 0.1) is 17.8 Å². The Kier molecular flexibility index (Phi) is 5.74. The fourth-order valence-electron chi connectivity index (χ4n) is 2.51. The zero-order valence-electron chi connectivity index (χ0n) is 15.7. The van der Waals surface area contributed by atoms with Crippen LogP contribution in [0.4, 0.5) is 5.69 Å². The predicted octanol–water partition coefficient (Wildman–Crippen LogP) is 3.63. The number of carbonyl (C=O) groups is 2. The molecule has 1 amide bonds. The molecule has 0 spiro atoms. The molecular weight excluding hydrogens is 356 g/mol. The largest absolute Gasteiger partial charge is 0.461 e. The molecule has 1 N–H and O–H groups in total. The number of anilines is 1. The van der Waals surface area contributed by atoms with Crippen LogP contribution < -0.4 is 5.32 Å². The molecule has 0 aliphatic carbocycles. The van der Waals surface area contributed by atoms with Crippen molar-refractivity contribution in [3.8, 4) is 11.4 Å². The Morgan fingerprint density at radius 1 is 1.18 bits per heavy atom. The molecule has 0 aliphatic heterocycles. The summed E-state index contributed by atoms with van der Waals surface area (Å²) in [6.07, 6.45) is 4.33. The number of aromatic nitrogens is 3. The minimum atomic E-state index is -0.487. The maximum absolute atomic E-state index is 12.2. The smallest absolute Gasteiger partial charge is 0.357 e. The van der Waals surface area contributed by atoms with Crippen LogP contribution in [0.25, 0.3) is 22.3 Å². The SMILES string of the molecule is C=CC(=O)Nc1ccnc2ccc(-c3nccc(C(=O)OCC(C)C)n3)cc12. The first-order valence-corrected chi connectivity index (χ1v) is 8.80. The summed E-state index contributed by atoms with van der Waals surface area (Å²) < 4.78 is 5.23. The number of pyridine rings is 1. The summed E-state index contributed by atoms with van der Waals surface area (Å²) in [5.41, 5.74) is 2.19. The van der Waals surface area contributed by atoms with Crippen molar-refractivity contribution in [2.24, 2.45) is 5.92 Å². The average Bonchev–Trinajstić information content (AvgIpc) is 2.71. The van der Waals surface area contributed by atoms with E-state index in [0.717, 1.165) is 5.39 Å². The summed E-state index contributed by atoms with van der Waals surface area (Å²) in [7, 11) is 0. The maximum Gasteiger partial charge on any atom is 0.357 e. The summed E-state index contributed by atoms with van der Waals surface area (Å²) in [5, 5.41) is 3.49. The third kappa shape index (κ3) is 4.37. The van der Waals surface area contributed by atoms with Gasteiger partial charge in [0.1, 0.15) is 0 Å². The average molecular weight is 376 g/mol. The monoisotopic (exact) mass is 376 g/mol. The van der Waals surface area contributed by atoms with E-state index in [1.165, 1.54) is 18.3 Å². The number of carbonyl (C=O) groups excluding carboxylic acids is 2. The number of nitrogens with one attached hydrogen (secondary N) is 1. The molecular formula is C21H20N4O3. The number of nitrogens with zero attached hydrogens (tertiary/aromatic N) is 3. The van der Waals surface area contributed by atoms with Crippen LogP contribution >= 0.6 is 0 Å². The quantitative estimate of drug-likeness (QED) is 0.521. The van der Waals surface area contributed by atoms with E-state index < -0.39 is 5.97 Å². The molecule has 0 saturated carbocycles. The highest BCUT2D eigenvalue weighted by atomic mass is 16.5. The first kappa shape index (κ1) is 19.2. The Bertz CT molecular complexity index is 1050. The first-order valence-electron chi connectivity index (χ1n) is 8.80. The van der Waals surface area contributed by atoms with Gasteiger partial charge in [-0.15, -0.1) is 0 Å². The molecule has 2 aromatic heterocycles. The van der Waals surface area contributed by atoms with E-state index in [9.17, 15) is 9.59 Å². The minimum Gasteiger partial charge on any atom is -0.461 e. The summed E-state index contributed by atoms with van der Waals surface area (Å²) in [4.78, 5) is 36.7. The van der Waals surface area contributed by atoms with Crippen LogP contribution in [0.1, 0.15) is 24.3 Å². The van der Waals surface area contributed by atoms with E-state index in [1.54, 1.807) is 18.3 Å². The molecule has 1 aromatic carbocycles. The lowest BCUT2D eigenvalue weighted by molar-refractivity contribution is -0.111. The van der Waals surface area contributed by atoms with Gasteiger partial charge in [-0.2, -0.15) is 0 Å². The van der Waals surface area contributed by atoms with Crippen molar-refractivity contribution < 1.29 is 14.3 Å². The second kappa shape index (κ2) is 8.39. The lowest BCUT2D eigenvalue weighted by atomic mass is 10.1. The molecule has 2 heterocycles. The normalized spacial score (nSPS) is 10.7. The Labute approximate surface area is 162 Å².